The van der Waals surface area contributed by atoms with Gasteiger partial charge in [-0.15, -0.1) is 0 Å². The van der Waals surface area contributed by atoms with E-state index in [-0.39, 0.29) is 83.2 Å². The van der Waals surface area contributed by atoms with E-state index in [0.717, 1.165) is 22.7 Å². The molecule has 5 heterocycles. The molecule has 87 heavy (non-hydrogen) atoms. The van der Waals surface area contributed by atoms with Gasteiger partial charge in [-0.3, -0.25) is 0 Å². The summed E-state index contributed by atoms with van der Waals surface area (Å²) in [6.07, 6.45) is -6.87. The smallest absolute Gasteiger partial charge is 0.339 e. The standard InChI is InChI=1S/C72H62O14Si/c1-87(2,3)40-39-75-70-66-65(60-57(79-70)45-78-69(82-60)48-29-15-6-16-30-48)80-67(73)53-41-55(76-43-46-25-11-4-12-26-46)61-63(85-71(83-61,49-31-17-7-18-32-49)50-33-19-8-20-34-50)58(53)59-54(68(74)81-66)42-56(77-44-47-27-13-5-14-28-47)62-64(59)86-72(84-62,51-35-21-9-22-36-51)52-37-23-10-24-38-52/h4-38,41-42,57,60,65-66,69-70H,39-40,43-45H2,1-3H3/t57-,60-,65+,66-,69-,70-/m1/s1. The topological polar surface area (TPSA) is 145 Å². The molecule has 2 saturated heterocycles. The predicted octanol–water partition coefficient (Wildman–Crippen LogP) is 14.1. The summed E-state index contributed by atoms with van der Waals surface area (Å²) in [7, 11) is -1.71. The molecule has 0 aromatic heterocycles. The summed E-state index contributed by atoms with van der Waals surface area (Å²) in [5, 5.41) is 0. The van der Waals surface area contributed by atoms with Gasteiger partial charge in [0.05, 0.1) is 17.7 Å². The summed E-state index contributed by atoms with van der Waals surface area (Å²) < 4.78 is 84.1. The summed E-state index contributed by atoms with van der Waals surface area (Å²) in [5.74, 6) is -4.62. The molecule has 14 nitrogen and oxygen atoms in total. The fourth-order valence-corrected chi connectivity index (χ4v) is 12.5. The number of hydrogen-bond donors (Lipinski definition) is 0. The maximum Gasteiger partial charge on any atom is 0.339 e. The van der Waals surface area contributed by atoms with Gasteiger partial charge >= 0.3 is 23.5 Å². The van der Waals surface area contributed by atoms with Crippen molar-refractivity contribution in [2.75, 3.05) is 13.2 Å². The molecular formula is C72H62O14Si. The summed E-state index contributed by atoms with van der Waals surface area (Å²) in [4.78, 5) is 32.9. The minimum atomic E-state index is -1.72. The average Bonchev–Trinajstić information content (AvgIpc) is 1.66. The number of carbonyl (C=O) groups excluding carboxylic acids is 2. The average molecular weight is 1180 g/mol. The summed E-state index contributed by atoms with van der Waals surface area (Å²) in [5.41, 5.74) is 4.76. The lowest BCUT2D eigenvalue weighted by atomic mass is 9.90. The van der Waals surface area contributed by atoms with E-state index in [1.165, 1.54) is 0 Å². The van der Waals surface area contributed by atoms with Crippen LogP contribution in [0.3, 0.4) is 0 Å². The third-order valence-electron chi connectivity index (χ3n) is 16.1. The Morgan fingerprint density at radius 2 is 0.851 bits per heavy atom. The molecule has 15 heteroatoms. The van der Waals surface area contributed by atoms with Gasteiger partial charge in [0.15, 0.2) is 47.8 Å². The molecule has 5 aliphatic heterocycles. The molecule has 0 unspecified atom stereocenters. The van der Waals surface area contributed by atoms with Crippen molar-refractivity contribution in [3.8, 4) is 45.6 Å². The van der Waals surface area contributed by atoms with Crippen LogP contribution in [0.2, 0.25) is 25.7 Å². The Hall–Kier alpha value is -9.22. The van der Waals surface area contributed by atoms with Crippen molar-refractivity contribution < 1.29 is 66.4 Å². The van der Waals surface area contributed by atoms with E-state index in [2.05, 4.69) is 19.6 Å². The van der Waals surface area contributed by atoms with Crippen molar-refractivity contribution in [3.63, 3.8) is 0 Å². The second kappa shape index (κ2) is 23.2. The van der Waals surface area contributed by atoms with E-state index in [1.807, 2.05) is 212 Å². The molecule has 9 aromatic carbocycles. The molecule has 0 bridgehead atoms. The summed E-state index contributed by atoms with van der Waals surface area (Å²) in [6, 6.07) is 70.6. The van der Waals surface area contributed by atoms with Gasteiger partial charge in [-0.05, 0) is 29.3 Å². The largest absolute Gasteiger partial charge is 0.485 e. The van der Waals surface area contributed by atoms with Crippen molar-refractivity contribution in [2.45, 2.75) is 87.5 Å². The fourth-order valence-electron chi connectivity index (χ4n) is 11.8. The van der Waals surface area contributed by atoms with Crippen molar-refractivity contribution in [3.05, 3.63) is 275 Å². The molecule has 9 aromatic rings. The van der Waals surface area contributed by atoms with Crippen molar-refractivity contribution >= 4 is 20.0 Å². The van der Waals surface area contributed by atoms with Gasteiger partial charge in [0, 0.05) is 53.6 Å². The maximum absolute atomic E-state index is 16.5. The Morgan fingerprint density at radius 1 is 0.460 bits per heavy atom. The number of hydrogen-bond acceptors (Lipinski definition) is 14. The first-order valence-electron chi connectivity index (χ1n) is 29.3. The highest BCUT2D eigenvalue weighted by Crippen LogP contribution is 2.64. The molecule has 0 amide bonds. The Labute approximate surface area is 504 Å². The minimum absolute atomic E-state index is 0.0217. The van der Waals surface area contributed by atoms with Crippen LogP contribution in [0.25, 0.3) is 11.1 Å². The van der Waals surface area contributed by atoms with E-state index < -0.39 is 68.6 Å². The molecule has 0 aliphatic carbocycles. The highest BCUT2D eigenvalue weighted by atomic mass is 28.3. The van der Waals surface area contributed by atoms with Crippen LogP contribution in [0.1, 0.15) is 66.0 Å². The SMILES string of the molecule is C[Si](C)(C)CCO[C@@H]1O[C@@H]2CO[C@@H](c3ccccc3)O[C@H]2[C@@H]2OC(=O)c3cc(OCc4ccccc4)c4c(c3-c3c(cc(OCc5ccccc5)c5c3OC(c3ccccc3)(c3ccccc3)O5)C(=O)O[C@@H]12)OC(c1ccccc1)(c1ccccc1)O4. The zero-order chi connectivity index (χ0) is 59.1. The Bertz CT molecular complexity index is 3850. The molecule has 14 rings (SSSR count). The first-order chi connectivity index (χ1) is 42.5. The molecule has 438 valence electrons. The van der Waals surface area contributed by atoms with E-state index >= 15 is 9.59 Å². The number of esters is 2. The highest BCUT2D eigenvalue weighted by Gasteiger charge is 2.58. The predicted molar refractivity (Wildman–Crippen MR) is 324 cm³/mol. The lowest BCUT2D eigenvalue weighted by molar-refractivity contribution is -0.359. The molecule has 0 radical (unpaired) electrons. The van der Waals surface area contributed by atoms with Gasteiger partial charge in [-0.2, -0.15) is 0 Å². The van der Waals surface area contributed by atoms with Crippen LogP contribution in [-0.2, 0) is 53.2 Å². The Morgan fingerprint density at radius 3 is 1.28 bits per heavy atom. The van der Waals surface area contributed by atoms with E-state index in [4.69, 9.17) is 56.8 Å². The molecular weight excluding hydrogens is 1120 g/mol. The quantitative estimate of drug-likeness (QED) is 0.0709. The highest BCUT2D eigenvalue weighted by molar-refractivity contribution is 6.76. The Kier molecular flexibility index (Phi) is 14.9. The van der Waals surface area contributed by atoms with Gasteiger partial charge < -0.3 is 56.8 Å². The van der Waals surface area contributed by atoms with Gasteiger partial charge in [0.25, 0.3) is 0 Å². The van der Waals surface area contributed by atoms with Crippen LogP contribution >= 0.6 is 0 Å². The third-order valence-corrected chi connectivity index (χ3v) is 17.8. The van der Waals surface area contributed by atoms with Gasteiger partial charge in [-0.25, -0.2) is 9.59 Å². The number of ether oxygens (including phenoxy) is 12. The molecule has 0 N–H and O–H groups in total. The number of carbonyl (C=O) groups is 2. The first-order valence-corrected chi connectivity index (χ1v) is 33.0. The van der Waals surface area contributed by atoms with E-state index in [0.29, 0.717) is 22.3 Å². The molecule has 0 spiro atoms. The van der Waals surface area contributed by atoms with Crippen molar-refractivity contribution in [1.29, 1.82) is 0 Å². The second-order valence-electron chi connectivity index (χ2n) is 23.2. The van der Waals surface area contributed by atoms with Gasteiger partial charge in [-0.1, -0.05) is 232 Å². The third kappa shape index (κ3) is 10.6. The maximum atomic E-state index is 16.5. The van der Waals surface area contributed by atoms with Crippen LogP contribution in [0.4, 0.5) is 0 Å². The van der Waals surface area contributed by atoms with Gasteiger partial charge in [0.2, 0.25) is 11.5 Å². The van der Waals surface area contributed by atoms with Crippen LogP contribution in [0.15, 0.2) is 224 Å². The lowest BCUT2D eigenvalue weighted by Crippen LogP contribution is -2.64. The first kappa shape index (κ1) is 55.6. The normalized spacial score (nSPS) is 21.2. The van der Waals surface area contributed by atoms with Crippen molar-refractivity contribution in [2.24, 2.45) is 0 Å². The zero-order valence-electron chi connectivity index (χ0n) is 48.1. The number of fused-ring (bicyclic) bond motifs is 10. The van der Waals surface area contributed by atoms with E-state index in [9.17, 15) is 0 Å². The zero-order valence-corrected chi connectivity index (χ0v) is 49.1. The second-order valence-corrected chi connectivity index (χ2v) is 28.8. The summed E-state index contributed by atoms with van der Waals surface area (Å²) >= 11 is 0. The van der Waals surface area contributed by atoms with Crippen LogP contribution < -0.4 is 28.4 Å². The van der Waals surface area contributed by atoms with Crippen LogP contribution in [-0.4, -0.2) is 63.9 Å². The van der Waals surface area contributed by atoms with Gasteiger partial charge in [0.1, 0.15) is 25.4 Å². The molecule has 6 atom stereocenters. The molecule has 2 fully saturated rings. The Balaban J connectivity index is 1.04. The minimum Gasteiger partial charge on any atom is -0.485 e. The van der Waals surface area contributed by atoms with Crippen LogP contribution in [0.5, 0.6) is 34.5 Å². The molecule has 5 aliphatic rings. The monoisotopic (exact) mass is 1180 g/mol. The number of rotatable bonds is 15. The van der Waals surface area contributed by atoms with E-state index in [1.54, 1.807) is 12.1 Å². The van der Waals surface area contributed by atoms with Crippen molar-refractivity contribution in [1.82, 2.24) is 0 Å². The fraction of sp³-hybridized carbons (Fsp3) is 0.222. The van der Waals surface area contributed by atoms with Crippen LogP contribution in [0, 0.1) is 0 Å². The summed E-state index contributed by atoms with van der Waals surface area (Å²) in [6.45, 7) is 7.11. The lowest BCUT2D eigenvalue weighted by Gasteiger charge is -2.48. The number of benzene rings is 9. The molecule has 0 saturated carbocycles.